The van der Waals surface area contributed by atoms with Crippen LogP contribution in [-0.2, 0) is 0 Å². The van der Waals surface area contributed by atoms with E-state index in [4.69, 9.17) is 21.1 Å². The molecule has 0 saturated heterocycles. The van der Waals surface area contributed by atoms with Gasteiger partial charge in [0.05, 0.1) is 5.38 Å². The minimum atomic E-state index is -0.716. The van der Waals surface area contributed by atoms with E-state index in [2.05, 4.69) is 0 Å². The predicted octanol–water partition coefficient (Wildman–Crippen LogP) is 4.06. The lowest BCUT2D eigenvalue weighted by Crippen LogP contribution is -2.15. The van der Waals surface area contributed by atoms with Crippen LogP contribution in [0.15, 0.2) is 36.4 Å². The number of ether oxygens (including phenoxy) is 2. The van der Waals surface area contributed by atoms with Gasteiger partial charge in [0.15, 0.2) is 11.5 Å². The molecule has 20 heavy (non-hydrogen) atoms. The first-order chi connectivity index (χ1) is 9.65. The summed E-state index contributed by atoms with van der Waals surface area (Å²) in [7, 11) is 0. The smallest absolute Gasteiger partial charge is 0.161 e. The number of benzene rings is 2. The summed E-state index contributed by atoms with van der Waals surface area (Å²) in [6, 6.07) is 8.55. The Morgan fingerprint density at radius 2 is 1.70 bits per heavy atom. The molecule has 0 aromatic heterocycles. The first-order valence-electron chi connectivity index (χ1n) is 6.14. The van der Waals surface area contributed by atoms with Crippen molar-refractivity contribution >= 4 is 11.6 Å². The first-order valence-corrected chi connectivity index (χ1v) is 6.57. The van der Waals surface area contributed by atoms with Crippen LogP contribution in [0.2, 0.25) is 0 Å². The quantitative estimate of drug-likeness (QED) is 0.778. The van der Waals surface area contributed by atoms with Gasteiger partial charge in [-0.1, -0.05) is 12.1 Å². The van der Waals surface area contributed by atoms with Crippen LogP contribution in [0.1, 0.15) is 16.5 Å². The number of hydrogen-bond donors (Lipinski definition) is 0. The molecule has 2 aromatic carbocycles. The van der Waals surface area contributed by atoms with Gasteiger partial charge in [-0.3, -0.25) is 0 Å². The molecule has 1 heterocycles. The van der Waals surface area contributed by atoms with Crippen LogP contribution in [0.5, 0.6) is 11.5 Å². The SMILES string of the molecule is Fc1ccc(C(Cl)c2ccc3c(c2)OCCO3)c(F)c1. The second-order valence-corrected chi connectivity index (χ2v) is 4.87. The van der Waals surface area contributed by atoms with Crippen molar-refractivity contribution in [3.63, 3.8) is 0 Å². The Kier molecular flexibility index (Phi) is 3.49. The van der Waals surface area contributed by atoms with Crippen LogP contribution in [-0.4, -0.2) is 13.2 Å². The molecule has 0 spiro atoms. The van der Waals surface area contributed by atoms with Crippen molar-refractivity contribution in [3.05, 3.63) is 59.2 Å². The maximum Gasteiger partial charge on any atom is 0.161 e. The second kappa shape index (κ2) is 5.29. The van der Waals surface area contributed by atoms with Gasteiger partial charge in [-0.15, -0.1) is 11.6 Å². The summed E-state index contributed by atoms with van der Waals surface area (Å²) in [6.45, 7) is 0.970. The van der Waals surface area contributed by atoms with Crippen LogP contribution in [0.25, 0.3) is 0 Å². The normalized spacial score (nSPS) is 14.9. The third-order valence-electron chi connectivity index (χ3n) is 3.09. The summed E-state index contributed by atoms with van der Waals surface area (Å²) in [5.41, 5.74) is 0.895. The predicted molar refractivity (Wildman–Crippen MR) is 71.5 cm³/mol. The highest BCUT2D eigenvalue weighted by atomic mass is 35.5. The average Bonchev–Trinajstić information content (AvgIpc) is 2.46. The number of alkyl halides is 1. The first kappa shape index (κ1) is 13.2. The van der Waals surface area contributed by atoms with E-state index in [1.165, 1.54) is 12.1 Å². The van der Waals surface area contributed by atoms with Crippen molar-refractivity contribution in [2.75, 3.05) is 13.2 Å². The minimum Gasteiger partial charge on any atom is -0.486 e. The van der Waals surface area contributed by atoms with E-state index >= 15 is 0 Å². The molecule has 0 aliphatic carbocycles. The van der Waals surface area contributed by atoms with E-state index in [1.807, 2.05) is 0 Å². The van der Waals surface area contributed by atoms with Gasteiger partial charge in [0.2, 0.25) is 0 Å². The van der Waals surface area contributed by atoms with Gasteiger partial charge in [0.25, 0.3) is 0 Å². The van der Waals surface area contributed by atoms with Crippen LogP contribution in [0, 0.1) is 11.6 Å². The summed E-state index contributed by atoms with van der Waals surface area (Å²) in [5.74, 6) is -0.0671. The third kappa shape index (κ3) is 2.43. The molecule has 104 valence electrons. The Bertz CT molecular complexity index is 646. The van der Waals surface area contributed by atoms with Crippen LogP contribution < -0.4 is 9.47 Å². The maximum absolute atomic E-state index is 13.7. The van der Waals surface area contributed by atoms with E-state index in [0.29, 0.717) is 30.3 Å². The fourth-order valence-corrected chi connectivity index (χ4v) is 2.42. The minimum absolute atomic E-state index is 0.227. The Morgan fingerprint density at radius 1 is 0.950 bits per heavy atom. The van der Waals surface area contributed by atoms with Crippen LogP contribution in [0.4, 0.5) is 8.78 Å². The van der Waals surface area contributed by atoms with E-state index in [9.17, 15) is 8.78 Å². The number of halogens is 3. The molecular formula is C15H11ClF2O2. The highest BCUT2D eigenvalue weighted by molar-refractivity contribution is 6.22. The molecule has 1 aliphatic heterocycles. The molecule has 2 aromatic rings. The van der Waals surface area contributed by atoms with Gasteiger partial charge in [-0.05, 0) is 23.8 Å². The monoisotopic (exact) mass is 296 g/mol. The summed E-state index contributed by atoms with van der Waals surface area (Å²) in [4.78, 5) is 0. The number of rotatable bonds is 2. The largest absolute Gasteiger partial charge is 0.486 e. The van der Waals surface area contributed by atoms with Gasteiger partial charge in [-0.2, -0.15) is 0 Å². The Balaban J connectivity index is 1.95. The molecule has 0 radical (unpaired) electrons. The van der Waals surface area contributed by atoms with E-state index in [1.54, 1.807) is 18.2 Å². The van der Waals surface area contributed by atoms with Gasteiger partial charge in [0, 0.05) is 11.6 Å². The molecule has 0 amide bonds. The summed E-state index contributed by atoms with van der Waals surface area (Å²) in [5, 5.41) is -0.716. The molecule has 1 aliphatic rings. The maximum atomic E-state index is 13.7. The van der Waals surface area contributed by atoms with E-state index in [-0.39, 0.29) is 5.56 Å². The van der Waals surface area contributed by atoms with Crippen molar-refractivity contribution < 1.29 is 18.3 Å². The van der Waals surface area contributed by atoms with Crippen molar-refractivity contribution in [3.8, 4) is 11.5 Å². The van der Waals surface area contributed by atoms with Gasteiger partial charge in [-0.25, -0.2) is 8.78 Å². The number of fused-ring (bicyclic) bond motifs is 1. The Hall–Kier alpha value is -1.81. The molecule has 1 atom stereocenters. The lowest BCUT2D eigenvalue weighted by Gasteiger charge is -2.20. The highest BCUT2D eigenvalue weighted by Crippen LogP contribution is 2.37. The third-order valence-corrected chi connectivity index (χ3v) is 3.58. The van der Waals surface area contributed by atoms with E-state index in [0.717, 1.165) is 6.07 Å². The summed E-state index contributed by atoms with van der Waals surface area (Å²) < 4.78 is 37.5. The van der Waals surface area contributed by atoms with Crippen molar-refractivity contribution in [2.45, 2.75) is 5.38 Å². The lowest BCUT2D eigenvalue weighted by molar-refractivity contribution is 0.171. The summed E-state index contributed by atoms with van der Waals surface area (Å²) >= 11 is 6.27. The molecule has 3 rings (SSSR count). The van der Waals surface area contributed by atoms with Crippen LogP contribution >= 0.6 is 11.6 Å². The molecule has 2 nitrogen and oxygen atoms in total. The van der Waals surface area contributed by atoms with Crippen molar-refractivity contribution in [2.24, 2.45) is 0 Å². The Morgan fingerprint density at radius 3 is 2.45 bits per heavy atom. The second-order valence-electron chi connectivity index (χ2n) is 4.43. The fraction of sp³-hybridized carbons (Fsp3) is 0.200. The average molecular weight is 297 g/mol. The summed E-state index contributed by atoms with van der Waals surface area (Å²) in [6.07, 6.45) is 0. The molecular weight excluding hydrogens is 286 g/mol. The lowest BCUT2D eigenvalue weighted by atomic mass is 10.0. The zero-order valence-electron chi connectivity index (χ0n) is 10.4. The van der Waals surface area contributed by atoms with Gasteiger partial charge in [0.1, 0.15) is 24.8 Å². The van der Waals surface area contributed by atoms with E-state index < -0.39 is 17.0 Å². The van der Waals surface area contributed by atoms with Crippen LogP contribution in [0.3, 0.4) is 0 Å². The van der Waals surface area contributed by atoms with Gasteiger partial charge >= 0.3 is 0 Å². The molecule has 0 fully saturated rings. The molecule has 5 heteroatoms. The molecule has 0 saturated carbocycles. The van der Waals surface area contributed by atoms with Crippen molar-refractivity contribution in [1.29, 1.82) is 0 Å². The topological polar surface area (TPSA) is 18.5 Å². The van der Waals surface area contributed by atoms with Gasteiger partial charge < -0.3 is 9.47 Å². The zero-order chi connectivity index (χ0) is 14.1. The standard InChI is InChI=1S/C15H11ClF2O2/c16-15(11-3-2-10(17)8-12(11)18)9-1-4-13-14(7-9)20-6-5-19-13/h1-4,7-8,15H,5-6H2. The Labute approximate surface area is 119 Å². The molecule has 1 unspecified atom stereocenters. The number of hydrogen-bond acceptors (Lipinski definition) is 2. The fourth-order valence-electron chi connectivity index (χ4n) is 2.10. The highest BCUT2D eigenvalue weighted by Gasteiger charge is 2.19. The molecule has 0 N–H and O–H groups in total. The zero-order valence-corrected chi connectivity index (χ0v) is 11.2. The van der Waals surface area contributed by atoms with Crippen molar-refractivity contribution in [1.82, 2.24) is 0 Å². The molecule has 0 bridgehead atoms.